The van der Waals surface area contributed by atoms with Gasteiger partial charge in [0, 0.05) is 45.6 Å². The van der Waals surface area contributed by atoms with E-state index in [1.807, 2.05) is 23.7 Å². The largest absolute Gasteiger partial charge is 0.380 e. The lowest BCUT2D eigenvalue weighted by atomic mass is 10.2. The van der Waals surface area contributed by atoms with E-state index >= 15 is 0 Å². The van der Waals surface area contributed by atoms with Crippen molar-refractivity contribution in [1.82, 2.24) is 30.0 Å². The lowest BCUT2D eigenvalue weighted by Gasteiger charge is -2.32. The SMILES string of the molecule is CCCOCCn1nc(COC)c2nc(N3CCN[C@@H](C)C3)nc(Nc3cc(C)ccn3)c21. The molecular formula is C23H34N8O2. The van der Waals surface area contributed by atoms with E-state index in [2.05, 4.69) is 34.4 Å². The van der Waals surface area contributed by atoms with Crippen LogP contribution in [0.5, 0.6) is 0 Å². The van der Waals surface area contributed by atoms with Crippen molar-refractivity contribution in [2.24, 2.45) is 0 Å². The lowest BCUT2D eigenvalue weighted by molar-refractivity contribution is 0.124. The zero-order chi connectivity index (χ0) is 23.2. The molecule has 1 aliphatic heterocycles. The summed E-state index contributed by atoms with van der Waals surface area (Å²) in [5.74, 6) is 2.10. The second-order valence-corrected chi connectivity index (χ2v) is 8.43. The van der Waals surface area contributed by atoms with Gasteiger partial charge >= 0.3 is 0 Å². The van der Waals surface area contributed by atoms with Crippen molar-refractivity contribution in [2.45, 2.75) is 46.4 Å². The van der Waals surface area contributed by atoms with Crippen molar-refractivity contribution < 1.29 is 9.47 Å². The molecule has 0 saturated carbocycles. The van der Waals surface area contributed by atoms with Gasteiger partial charge in [-0.1, -0.05) is 6.92 Å². The van der Waals surface area contributed by atoms with Gasteiger partial charge in [0.25, 0.3) is 0 Å². The van der Waals surface area contributed by atoms with Crippen molar-refractivity contribution in [3.05, 3.63) is 29.6 Å². The van der Waals surface area contributed by atoms with Gasteiger partial charge in [-0.3, -0.25) is 4.68 Å². The number of ether oxygens (including phenoxy) is 2. The Bertz CT molecular complexity index is 1070. The Balaban J connectivity index is 1.79. The summed E-state index contributed by atoms with van der Waals surface area (Å²) in [7, 11) is 1.67. The van der Waals surface area contributed by atoms with Gasteiger partial charge in [-0.25, -0.2) is 9.97 Å². The molecule has 4 rings (SSSR count). The van der Waals surface area contributed by atoms with Crippen LogP contribution in [-0.4, -0.2) is 70.7 Å². The minimum Gasteiger partial charge on any atom is -0.380 e. The zero-order valence-electron chi connectivity index (χ0n) is 20.0. The van der Waals surface area contributed by atoms with Gasteiger partial charge < -0.3 is 25.0 Å². The Labute approximate surface area is 194 Å². The molecule has 1 aliphatic rings. The van der Waals surface area contributed by atoms with Crippen LogP contribution in [0.4, 0.5) is 17.6 Å². The normalized spacial score (nSPS) is 16.5. The third-order valence-corrected chi connectivity index (χ3v) is 5.54. The second-order valence-electron chi connectivity index (χ2n) is 8.43. The summed E-state index contributed by atoms with van der Waals surface area (Å²) in [6.07, 6.45) is 2.78. The number of nitrogens with one attached hydrogen (secondary N) is 2. The molecule has 2 N–H and O–H groups in total. The summed E-state index contributed by atoms with van der Waals surface area (Å²) < 4.78 is 13.1. The number of aryl methyl sites for hydroxylation is 1. The topological polar surface area (TPSA) is 102 Å². The molecule has 0 amide bonds. The quantitative estimate of drug-likeness (QED) is 0.448. The fourth-order valence-corrected chi connectivity index (χ4v) is 3.99. The van der Waals surface area contributed by atoms with Gasteiger partial charge in [-0.2, -0.15) is 10.1 Å². The highest BCUT2D eigenvalue weighted by Crippen LogP contribution is 2.29. The van der Waals surface area contributed by atoms with E-state index in [1.54, 1.807) is 13.3 Å². The molecular weight excluding hydrogens is 420 g/mol. The van der Waals surface area contributed by atoms with E-state index in [9.17, 15) is 0 Å². The summed E-state index contributed by atoms with van der Waals surface area (Å²) in [5, 5.41) is 11.7. The molecule has 0 radical (unpaired) electrons. The van der Waals surface area contributed by atoms with Crippen LogP contribution < -0.4 is 15.5 Å². The summed E-state index contributed by atoms with van der Waals surface area (Å²) in [5.41, 5.74) is 3.53. The molecule has 4 heterocycles. The average molecular weight is 455 g/mol. The Hall–Kier alpha value is -2.82. The number of fused-ring (bicyclic) bond motifs is 1. The Morgan fingerprint density at radius 3 is 2.91 bits per heavy atom. The monoisotopic (exact) mass is 454 g/mol. The molecule has 1 fully saturated rings. The molecule has 0 aromatic carbocycles. The molecule has 178 valence electrons. The Morgan fingerprint density at radius 2 is 2.15 bits per heavy atom. The fraction of sp³-hybridized carbons (Fsp3) is 0.565. The molecule has 3 aromatic rings. The number of anilines is 3. The highest BCUT2D eigenvalue weighted by Gasteiger charge is 2.24. The number of rotatable bonds is 10. The third-order valence-electron chi connectivity index (χ3n) is 5.54. The van der Waals surface area contributed by atoms with Crippen LogP contribution >= 0.6 is 0 Å². The summed E-state index contributed by atoms with van der Waals surface area (Å²) in [6, 6.07) is 4.34. The first kappa shape index (κ1) is 23.3. The maximum absolute atomic E-state index is 5.73. The maximum atomic E-state index is 5.73. The third kappa shape index (κ3) is 5.58. The van der Waals surface area contributed by atoms with Crippen molar-refractivity contribution >= 4 is 28.6 Å². The van der Waals surface area contributed by atoms with Crippen LogP contribution in [0.3, 0.4) is 0 Å². The van der Waals surface area contributed by atoms with Crippen LogP contribution in [0.25, 0.3) is 11.0 Å². The molecule has 0 aliphatic carbocycles. The van der Waals surface area contributed by atoms with Gasteiger partial charge in [-0.05, 0) is 38.0 Å². The number of methoxy groups -OCH3 is 1. The van der Waals surface area contributed by atoms with Gasteiger partial charge in [0.15, 0.2) is 5.82 Å². The first-order chi connectivity index (χ1) is 16.1. The molecule has 1 saturated heterocycles. The van der Waals surface area contributed by atoms with Crippen LogP contribution in [0.1, 0.15) is 31.5 Å². The highest BCUT2D eigenvalue weighted by molar-refractivity contribution is 5.90. The molecule has 0 spiro atoms. The van der Waals surface area contributed by atoms with E-state index in [-0.39, 0.29) is 0 Å². The second kappa shape index (κ2) is 10.9. The number of hydrogen-bond acceptors (Lipinski definition) is 9. The predicted molar refractivity (Wildman–Crippen MR) is 129 cm³/mol. The van der Waals surface area contributed by atoms with Crippen molar-refractivity contribution in [3.63, 3.8) is 0 Å². The number of nitrogens with zero attached hydrogens (tertiary/aromatic N) is 6. The van der Waals surface area contributed by atoms with E-state index < -0.39 is 0 Å². The molecule has 1 atom stereocenters. The number of pyridine rings is 1. The van der Waals surface area contributed by atoms with E-state index in [0.717, 1.165) is 60.8 Å². The van der Waals surface area contributed by atoms with Gasteiger partial charge in [-0.15, -0.1) is 0 Å². The molecule has 10 heteroatoms. The molecule has 10 nitrogen and oxygen atoms in total. The van der Waals surface area contributed by atoms with Crippen LogP contribution in [0, 0.1) is 6.92 Å². The van der Waals surface area contributed by atoms with Crippen LogP contribution in [0.15, 0.2) is 18.3 Å². The Kier molecular flexibility index (Phi) is 7.69. The summed E-state index contributed by atoms with van der Waals surface area (Å²) in [6.45, 7) is 11.2. The number of aromatic nitrogens is 5. The maximum Gasteiger partial charge on any atom is 0.228 e. The minimum atomic E-state index is 0.366. The first-order valence-electron chi connectivity index (χ1n) is 11.6. The highest BCUT2D eigenvalue weighted by atomic mass is 16.5. The number of piperazine rings is 1. The van der Waals surface area contributed by atoms with E-state index in [4.69, 9.17) is 24.5 Å². The van der Waals surface area contributed by atoms with Crippen molar-refractivity contribution in [1.29, 1.82) is 0 Å². The number of hydrogen-bond donors (Lipinski definition) is 2. The minimum absolute atomic E-state index is 0.366. The van der Waals surface area contributed by atoms with Crippen LogP contribution in [0.2, 0.25) is 0 Å². The summed E-state index contributed by atoms with van der Waals surface area (Å²) >= 11 is 0. The van der Waals surface area contributed by atoms with E-state index in [0.29, 0.717) is 37.6 Å². The standard InChI is InChI=1S/C23H34N8O2/c1-5-11-33-12-10-31-21-20(18(29-31)15-32-4)27-23(30-9-8-24-17(3)14-30)28-22(21)26-19-13-16(2)6-7-25-19/h6-7,13,17,24H,5,8-12,14-15H2,1-4H3,(H,25,26,27,28)/t17-/m0/s1. The fourth-order valence-electron chi connectivity index (χ4n) is 3.99. The van der Waals surface area contributed by atoms with Crippen LogP contribution in [-0.2, 0) is 22.6 Å². The van der Waals surface area contributed by atoms with Gasteiger partial charge in [0.05, 0.1) is 19.8 Å². The molecule has 0 unspecified atom stereocenters. The first-order valence-corrected chi connectivity index (χ1v) is 11.6. The Morgan fingerprint density at radius 1 is 1.27 bits per heavy atom. The smallest absolute Gasteiger partial charge is 0.228 e. The zero-order valence-corrected chi connectivity index (χ0v) is 20.0. The van der Waals surface area contributed by atoms with Crippen molar-refractivity contribution in [2.75, 3.05) is 50.2 Å². The molecule has 0 bridgehead atoms. The molecule has 3 aromatic heterocycles. The lowest BCUT2D eigenvalue weighted by Crippen LogP contribution is -2.49. The van der Waals surface area contributed by atoms with Gasteiger partial charge in [0.1, 0.15) is 22.5 Å². The average Bonchev–Trinajstić information content (AvgIpc) is 3.15. The molecule has 33 heavy (non-hydrogen) atoms. The van der Waals surface area contributed by atoms with Gasteiger partial charge in [0.2, 0.25) is 5.95 Å². The predicted octanol–water partition coefficient (Wildman–Crippen LogP) is 2.64. The van der Waals surface area contributed by atoms with Crippen molar-refractivity contribution in [3.8, 4) is 0 Å². The van der Waals surface area contributed by atoms with E-state index in [1.165, 1.54) is 0 Å². The summed E-state index contributed by atoms with van der Waals surface area (Å²) in [4.78, 5) is 16.6.